The lowest BCUT2D eigenvalue weighted by Crippen LogP contribution is -1.91. The van der Waals surface area contributed by atoms with Gasteiger partial charge >= 0.3 is 0 Å². The second-order valence-corrected chi connectivity index (χ2v) is 6.03. The highest BCUT2D eigenvalue weighted by atomic mass is 35.5. The number of benzene rings is 2. The van der Waals surface area contributed by atoms with E-state index in [2.05, 4.69) is 15.3 Å². The van der Waals surface area contributed by atoms with E-state index >= 15 is 0 Å². The van der Waals surface area contributed by atoms with Gasteiger partial charge < -0.3 is 0 Å². The molecule has 0 saturated carbocycles. The van der Waals surface area contributed by atoms with E-state index in [9.17, 15) is 4.39 Å². The fraction of sp³-hybridized carbons (Fsp3) is 0. The molecule has 4 nitrogen and oxygen atoms in total. The molecule has 22 heavy (non-hydrogen) atoms. The molecule has 0 atom stereocenters. The normalized spacial score (nSPS) is 11.2. The van der Waals surface area contributed by atoms with Crippen LogP contribution in [-0.2, 0) is 0 Å². The van der Waals surface area contributed by atoms with Crippen molar-refractivity contribution in [1.29, 1.82) is 0 Å². The van der Waals surface area contributed by atoms with Gasteiger partial charge in [-0.15, -0.1) is 10.2 Å². The summed E-state index contributed by atoms with van der Waals surface area (Å²) in [7, 11) is 0. The summed E-state index contributed by atoms with van der Waals surface area (Å²) in [6, 6.07) is 13.6. The Kier molecular flexibility index (Phi) is 3.13. The number of nitrogens with zero attached hydrogens (tertiary/aromatic N) is 4. The highest BCUT2D eigenvalue weighted by molar-refractivity contribution is 7.19. The Labute approximate surface area is 133 Å². The summed E-state index contributed by atoms with van der Waals surface area (Å²) in [4.78, 5) is 0.657. The zero-order valence-corrected chi connectivity index (χ0v) is 12.6. The van der Waals surface area contributed by atoms with Crippen molar-refractivity contribution in [3.05, 3.63) is 59.4 Å². The van der Waals surface area contributed by atoms with Crippen LogP contribution in [0.3, 0.4) is 0 Å². The predicted octanol–water partition coefficient (Wildman–Crippen LogP) is 4.31. The number of hydrogen-bond donors (Lipinski definition) is 0. The van der Waals surface area contributed by atoms with E-state index in [1.807, 2.05) is 18.2 Å². The van der Waals surface area contributed by atoms with Crippen molar-refractivity contribution in [3.63, 3.8) is 0 Å². The molecule has 0 aliphatic rings. The van der Waals surface area contributed by atoms with Crippen LogP contribution < -0.4 is 0 Å². The van der Waals surface area contributed by atoms with E-state index in [-0.39, 0.29) is 5.82 Å². The van der Waals surface area contributed by atoms with Gasteiger partial charge in [0, 0.05) is 16.1 Å². The maximum Gasteiger partial charge on any atom is 0.235 e. The minimum atomic E-state index is -0.290. The Hall–Kier alpha value is -2.31. The van der Waals surface area contributed by atoms with Crippen LogP contribution in [-0.4, -0.2) is 19.8 Å². The molecule has 0 spiro atoms. The van der Waals surface area contributed by atoms with Crippen molar-refractivity contribution in [2.75, 3.05) is 0 Å². The summed E-state index contributed by atoms with van der Waals surface area (Å²) in [6.07, 6.45) is 0. The minimum absolute atomic E-state index is 0.290. The molecule has 4 aromatic rings. The van der Waals surface area contributed by atoms with Gasteiger partial charge in [-0.2, -0.15) is 9.61 Å². The molecule has 2 heterocycles. The molecule has 0 N–H and O–H groups in total. The van der Waals surface area contributed by atoms with E-state index < -0.39 is 0 Å². The number of halogens is 2. The molecule has 0 bridgehead atoms. The smallest absolute Gasteiger partial charge is 0.207 e. The molecule has 4 rings (SSSR count). The summed E-state index contributed by atoms with van der Waals surface area (Å²) in [5.74, 6) is 0.340. The van der Waals surface area contributed by atoms with E-state index in [0.717, 1.165) is 11.1 Å². The topological polar surface area (TPSA) is 43.1 Å². The van der Waals surface area contributed by atoms with E-state index in [1.54, 1.807) is 22.7 Å². The molecule has 0 aliphatic carbocycles. The molecule has 108 valence electrons. The Morgan fingerprint density at radius 2 is 1.82 bits per heavy atom. The number of aromatic nitrogens is 4. The zero-order valence-electron chi connectivity index (χ0n) is 11.1. The third-order valence-electron chi connectivity index (χ3n) is 3.16. The zero-order chi connectivity index (χ0) is 15.1. The van der Waals surface area contributed by atoms with Crippen molar-refractivity contribution < 1.29 is 4.39 Å². The molecule has 7 heteroatoms. The highest BCUT2D eigenvalue weighted by Gasteiger charge is 2.14. The Bertz CT molecular complexity index is 961. The van der Waals surface area contributed by atoms with Crippen molar-refractivity contribution in [3.8, 4) is 22.0 Å². The monoisotopic (exact) mass is 330 g/mol. The Morgan fingerprint density at radius 3 is 2.59 bits per heavy atom. The van der Waals surface area contributed by atoms with Gasteiger partial charge in [0.15, 0.2) is 5.82 Å². The highest BCUT2D eigenvalue weighted by Crippen LogP contribution is 2.28. The van der Waals surface area contributed by atoms with Gasteiger partial charge in [0.1, 0.15) is 10.8 Å². The minimum Gasteiger partial charge on any atom is -0.207 e. The number of hydrogen-bond acceptors (Lipinski definition) is 4. The largest absolute Gasteiger partial charge is 0.235 e. The summed E-state index contributed by atoms with van der Waals surface area (Å²) < 4.78 is 15.0. The van der Waals surface area contributed by atoms with Crippen molar-refractivity contribution in [2.45, 2.75) is 0 Å². The first-order chi connectivity index (χ1) is 10.7. The summed E-state index contributed by atoms with van der Waals surface area (Å²) in [6.45, 7) is 0. The average Bonchev–Trinajstić information content (AvgIpc) is 3.08. The second-order valence-electron chi connectivity index (χ2n) is 4.64. The van der Waals surface area contributed by atoms with Crippen LogP contribution in [0, 0.1) is 5.82 Å². The van der Waals surface area contributed by atoms with Gasteiger partial charge in [-0.05, 0) is 36.4 Å². The fourth-order valence-corrected chi connectivity index (χ4v) is 3.10. The second kappa shape index (κ2) is 5.15. The number of rotatable bonds is 2. The third kappa shape index (κ3) is 2.26. The lowest BCUT2D eigenvalue weighted by molar-refractivity contribution is 0.628. The van der Waals surface area contributed by atoms with Gasteiger partial charge in [0.2, 0.25) is 4.96 Å². The van der Waals surface area contributed by atoms with Crippen LogP contribution in [0.5, 0.6) is 0 Å². The lowest BCUT2D eigenvalue weighted by atomic mass is 10.2. The van der Waals surface area contributed by atoms with Crippen molar-refractivity contribution >= 4 is 27.9 Å². The third-order valence-corrected chi connectivity index (χ3v) is 4.36. The van der Waals surface area contributed by atoms with Crippen LogP contribution in [0.2, 0.25) is 5.02 Å². The molecular formula is C15H8ClFN4S. The predicted molar refractivity (Wildman–Crippen MR) is 84.5 cm³/mol. The first-order valence-electron chi connectivity index (χ1n) is 6.45. The maximum atomic E-state index is 13.3. The average molecular weight is 331 g/mol. The van der Waals surface area contributed by atoms with Crippen molar-refractivity contribution in [2.24, 2.45) is 0 Å². The molecule has 0 saturated heterocycles. The Morgan fingerprint density at radius 1 is 1.00 bits per heavy atom. The molecule has 0 aliphatic heterocycles. The van der Waals surface area contributed by atoms with Crippen LogP contribution in [0.15, 0.2) is 48.5 Å². The maximum absolute atomic E-state index is 13.3. The van der Waals surface area contributed by atoms with Crippen LogP contribution in [0.4, 0.5) is 4.39 Å². The van der Waals surface area contributed by atoms with Gasteiger partial charge in [0.05, 0.1) is 0 Å². The molecule has 2 aromatic carbocycles. The van der Waals surface area contributed by atoms with Crippen LogP contribution in [0.1, 0.15) is 0 Å². The van der Waals surface area contributed by atoms with Gasteiger partial charge in [-0.3, -0.25) is 0 Å². The molecule has 0 radical (unpaired) electrons. The fourth-order valence-electron chi connectivity index (χ4n) is 2.13. The molecule has 2 aromatic heterocycles. The van der Waals surface area contributed by atoms with E-state index in [4.69, 9.17) is 11.6 Å². The summed E-state index contributed by atoms with van der Waals surface area (Å²) in [5, 5.41) is 14.1. The van der Waals surface area contributed by atoms with Crippen molar-refractivity contribution in [1.82, 2.24) is 19.8 Å². The summed E-state index contributed by atoms with van der Waals surface area (Å²) >= 11 is 7.26. The van der Waals surface area contributed by atoms with Gasteiger partial charge in [0.25, 0.3) is 0 Å². The van der Waals surface area contributed by atoms with Gasteiger partial charge in [-0.25, -0.2) is 4.39 Å². The molecule has 0 amide bonds. The Balaban J connectivity index is 1.84. The standard InChI is InChI=1S/C15H8ClFN4S/c16-11-6-4-9(5-7-11)13-18-19-15-21(13)20-14(22-15)10-2-1-3-12(17)8-10/h1-8H. The SMILES string of the molecule is Fc1cccc(-c2nn3c(-c4ccc(Cl)cc4)nnc3s2)c1. The molecular weight excluding hydrogens is 323 g/mol. The lowest BCUT2D eigenvalue weighted by Gasteiger charge is -1.97. The first-order valence-corrected chi connectivity index (χ1v) is 7.64. The van der Waals surface area contributed by atoms with E-state index in [1.165, 1.54) is 23.5 Å². The first kappa shape index (κ1) is 13.4. The van der Waals surface area contributed by atoms with Crippen LogP contribution in [0.25, 0.3) is 26.9 Å². The van der Waals surface area contributed by atoms with Crippen LogP contribution >= 0.6 is 22.9 Å². The number of fused-ring (bicyclic) bond motifs is 1. The van der Waals surface area contributed by atoms with E-state index in [0.29, 0.717) is 20.8 Å². The quantitative estimate of drug-likeness (QED) is 0.550. The summed E-state index contributed by atoms with van der Waals surface area (Å²) in [5.41, 5.74) is 1.59. The molecule has 0 unspecified atom stereocenters. The van der Waals surface area contributed by atoms with Gasteiger partial charge in [-0.1, -0.05) is 35.1 Å². The molecule has 0 fully saturated rings.